The number of phosphoric ester groups is 2. The van der Waals surface area contributed by atoms with Crippen molar-refractivity contribution in [3.63, 3.8) is 0 Å². The zero-order valence-corrected chi connectivity index (χ0v) is 61.5. The van der Waals surface area contributed by atoms with E-state index in [1.54, 1.807) is 0 Å². The molecule has 0 saturated heterocycles. The van der Waals surface area contributed by atoms with Gasteiger partial charge in [0.25, 0.3) is 0 Å². The van der Waals surface area contributed by atoms with Gasteiger partial charge in [0.05, 0.1) is 26.4 Å². The quantitative estimate of drug-likeness (QED) is 0.0146. The fourth-order valence-corrected chi connectivity index (χ4v) is 10.6. The van der Waals surface area contributed by atoms with Crippen LogP contribution < -0.4 is 0 Å². The minimum Gasteiger partial charge on any atom is -0.463 e. The summed E-state index contributed by atoms with van der Waals surface area (Å²) in [5.41, 5.74) is 0. The molecule has 0 bridgehead atoms. The first kappa shape index (κ1) is 91.9. The maximum absolute atomic E-state index is 13.0. The predicted octanol–water partition coefficient (Wildman–Crippen LogP) is 20.9. The summed E-state index contributed by atoms with van der Waals surface area (Å²) >= 11 is 0. The van der Waals surface area contributed by atoms with Crippen molar-refractivity contribution < 1.29 is 75.8 Å². The molecule has 97 heavy (non-hydrogen) atoms. The fourth-order valence-electron chi connectivity index (χ4n) is 8.97. The summed E-state index contributed by atoms with van der Waals surface area (Å²) in [6.45, 7) is 2.25. The Hall–Kier alpha value is -5.09. The number of ether oxygens (including phenoxy) is 3. The van der Waals surface area contributed by atoms with Crippen LogP contribution in [0.1, 0.15) is 252 Å². The first-order valence-corrected chi connectivity index (χ1v) is 39.4. The molecule has 0 fully saturated rings. The van der Waals surface area contributed by atoms with E-state index in [-0.39, 0.29) is 19.3 Å². The van der Waals surface area contributed by atoms with Crippen LogP contribution >= 0.6 is 15.6 Å². The minimum absolute atomic E-state index is 0.0777. The number of phosphoric acid groups is 2. The highest BCUT2D eigenvalue weighted by atomic mass is 31.2. The Morgan fingerprint density at radius 3 is 0.814 bits per heavy atom. The molecule has 550 valence electrons. The molecule has 5 unspecified atom stereocenters. The maximum atomic E-state index is 13.0. The van der Waals surface area contributed by atoms with E-state index in [0.717, 1.165) is 193 Å². The zero-order chi connectivity index (χ0) is 70.9. The van der Waals surface area contributed by atoms with Gasteiger partial charge in [-0.3, -0.25) is 32.5 Å². The van der Waals surface area contributed by atoms with Crippen molar-refractivity contribution in [2.75, 3.05) is 39.6 Å². The van der Waals surface area contributed by atoms with Crippen molar-refractivity contribution in [3.8, 4) is 0 Å². The second-order valence-corrected chi connectivity index (χ2v) is 26.5. The number of aliphatic hydroxyl groups excluding tert-OH is 2. The molecule has 0 aliphatic heterocycles. The summed E-state index contributed by atoms with van der Waals surface area (Å²) in [5.74, 6) is -1.64. The Kier molecular flexibility index (Phi) is 67.0. The second kappa shape index (κ2) is 70.8. The van der Waals surface area contributed by atoms with E-state index in [0.29, 0.717) is 19.3 Å². The molecule has 16 nitrogen and oxygen atoms in total. The van der Waals surface area contributed by atoms with Crippen LogP contribution in [0.4, 0.5) is 0 Å². The van der Waals surface area contributed by atoms with E-state index in [2.05, 4.69) is 191 Å². The van der Waals surface area contributed by atoms with Crippen LogP contribution in [0.5, 0.6) is 0 Å². The van der Waals surface area contributed by atoms with Crippen LogP contribution in [-0.2, 0) is 55.8 Å². The number of carbonyl (C=O) groups excluding carboxylic acids is 3. The van der Waals surface area contributed by atoms with Crippen molar-refractivity contribution in [1.82, 2.24) is 0 Å². The summed E-state index contributed by atoms with van der Waals surface area (Å²) in [7, 11) is -9.82. The van der Waals surface area contributed by atoms with Gasteiger partial charge in [0.1, 0.15) is 25.4 Å². The van der Waals surface area contributed by atoms with Crippen LogP contribution in [0.3, 0.4) is 0 Å². The second-order valence-electron chi connectivity index (χ2n) is 23.6. The van der Waals surface area contributed by atoms with Crippen molar-refractivity contribution in [2.24, 2.45) is 0 Å². The lowest BCUT2D eigenvalue weighted by Gasteiger charge is -2.21. The molecule has 0 aromatic heterocycles. The van der Waals surface area contributed by atoms with Crippen LogP contribution in [0.25, 0.3) is 0 Å². The summed E-state index contributed by atoms with van der Waals surface area (Å²) in [6, 6.07) is 0. The highest BCUT2D eigenvalue weighted by molar-refractivity contribution is 7.47. The summed E-state index contributed by atoms with van der Waals surface area (Å²) in [6.07, 6.45) is 88.1. The number of rotatable bonds is 67. The Balaban J connectivity index is 4.75. The van der Waals surface area contributed by atoms with Crippen molar-refractivity contribution in [3.05, 3.63) is 170 Å². The lowest BCUT2D eigenvalue weighted by Crippen LogP contribution is -2.30. The molecular formula is C79H128O16P2. The monoisotopic (exact) mass is 1390 g/mol. The molecule has 0 aromatic rings. The lowest BCUT2D eigenvalue weighted by molar-refractivity contribution is -0.161. The average molecular weight is 1400 g/mol. The van der Waals surface area contributed by atoms with E-state index in [9.17, 15) is 43.5 Å². The molecule has 18 heteroatoms. The van der Waals surface area contributed by atoms with E-state index < -0.39 is 91.5 Å². The van der Waals surface area contributed by atoms with Gasteiger partial charge in [-0.25, -0.2) is 9.13 Å². The molecule has 0 radical (unpaired) electrons. The Labute approximate surface area is 586 Å². The first-order valence-electron chi connectivity index (χ1n) is 36.4. The van der Waals surface area contributed by atoms with Crippen molar-refractivity contribution in [2.45, 2.75) is 270 Å². The number of allylic oxidation sites excluding steroid dienone is 28. The van der Waals surface area contributed by atoms with E-state index >= 15 is 0 Å². The molecule has 0 saturated carbocycles. The third-order valence-electron chi connectivity index (χ3n) is 14.4. The number of hydrogen-bond donors (Lipinski definition) is 4. The molecule has 0 spiro atoms. The third-order valence-corrected chi connectivity index (χ3v) is 16.3. The van der Waals surface area contributed by atoms with Crippen molar-refractivity contribution in [1.29, 1.82) is 0 Å². The highest BCUT2D eigenvalue weighted by Gasteiger charge is 2.29. The van der Waals surface area contributed by atoms with Crippen molar-refractivity contribution >= 4 is 33.6 Å². The molecular weight excluding hydrogens is 1270 g/mol. The molecule has 5 atom stereocenters. The Morgan fingerprint density at radius 1 is 0.289 bits per heavy atom. The normalized spacial score (nSPS) is 15.1. The highest BCUT2D eigenvalue weighted by Crippen LogP contribution is 2.45. The number of carbonyl (C=O) groups is 3. The Morgan fingerprint density at radius 2 is 0.515 bits per heavy atom. The van der Waals surface area contributed by atoms with Gasteiger partial charge in [0, 0.05) is 19.3 Å². The zero-order valence-electron chi connectivity index (χ0n) is 59.7. The van der Waals surface area contributed by atoms with Crippen LogP contribution in [0, 0.1) is 0 Å². The molecule has 0 heterocycles. The first-order chi connectivity index (χ1) is 47.2. The number of esters is 3. The Bertz CT molecular complexity index is 2440. The van der Waals surface area contributed by atoms with Gasteiger partial charge < -0.3 is 34.2 Å². The predicted molar refractivity (Wildman–Crippen MR) is 398 cm³/mol. The van der Waals surface area contributed by atoms with E-state index in [1.165, 1.54) is 0 Å². The largest absolute Gasteiger partial charge is 0.472 e. The molecule has 0 aliphatic carbocycles. The molecule has 0 aliphatic rings. The molecule has 0 rings (SSSR count). The molecule has 4 N–H and O–H groups in total. The third kappa shape index (κ3) is 72.0. The number of hydrogen-bond acceptors (Lipinski definition) is 14. The van der Waals surface area contributed by atoms with Crippen LogP contribution in [-0.4, -0.2) is 95.9 Å². The SMILES string of the molecule is CC/C=C\C/C=C\C/C=C\C/C=C\C/C=C\C/C=C\CCCCCCC(=O)OCC(O)COP(=O)(O)OCC(O)COP(=O)(O)OCC(COC(=O)CCCCCCCC/C=C\C/C=C\C/C=C\C/C=C\CC)OC(=O)CCCCCCCC/C=C\C/C=C\C/C=C\C/C=C\CC. The summed E-state index contributed by atoms with van der Waals surface area (Å²) < 4.78 is 61.0. The van der Waals surface area contributed by atoms with Gasteiger partial charge in [-0.05, 0) is 148 Å². The molecule has 0 aromatic carbocycles. The van der Waals surface area contributed by atoms with Gasteiger partial charge >= 0.3 is 33.6 Å². The van der Waals surface area contributed by atoms with Gasteiger partial charge in [0.2, 0.25) is 0 Å². The smallest absolute Gasteiger partial charge is 0.463 e. The van der Waals surface area contributed by atoms with Gasteiger partial charge in [-0.15, -0.1) is 0 Å². The van der Waals surface area contributed by atoms with Crippen LogP contribution in [0.15, 0.2) is 170 Å². The topological polar surface area (TPSA) is 231 Å². The van der Waals surface area contributed by atoms with Gasteiger partial charge in [0.15, 0.2) is 6.10 Å². The van der Waals surface area contributed by atoms with E-state index in [4.69, 9.17) is 32.3 Å². The fraction of sp³-hybridized carbons (Fsp3) is 0.608. The van der Waals surface area contributed by atoms with E-state index in [1.807, 2.05) is 0 Å². The van der Waals surface area contributed by atoms with Gasteiger partial charge in [-0.2, -0.15) is 0 Å². The van der Waals surface area contributed by atoms with Crippen LogP contribution in [0.2, 0.25) is 0 Å². The number of aliphatic hydroxyl groups is 2. The average Bonchev–Trinajstić information content (AvgIpc) is 1.81. The standard InChI is InChI=1S/C79H128O16P2/c1-4-7-10-13-16-19-22-25-28-31-34-35-36-37-40-42-44-47-50-53-56-59-62-65-77(82)89-68-74(80)69-91-96(85,86)92-70-75(81)71-93-97(87,88)94-73-76(95-79(84)67-64-61-58-55-52-49-46-43-39-33-30-27-24-21-18-15-12-9-6-3)72-90-78(83)66-63-60-57-54-51-48-45-41-38-32-29-26-23-20-17-14-11-8-5-2/h7-12,16-21,25-30,34-35,37-41,43-44,47,74-76,80-81H,4-6,13-15,22-24,31-33,36,42,45-46,48-73H2,1-3H3,(H,85,86)(H,87,88)/b10-7-,11-8-,12-9-,19-16-,20-17-,21-18-,28-25-,29-26-,30-27-,35-34-,40-37-,41-38-,43-39-,47-44-. The summed E-state index contributed by atoms with van der Waals surface area (Å²) in [4.78, 5) is 58.6. The molecule has 0 amide bonds. The lowest BCUT2D eigenvalue weighted by atomic mass is 10.1. The number of unbranched alkanes of at least 4 members (excludes halogenated alkanes) is 16. The van der Waals surface area contributed by atoms with Gasteiger partial charge in [-0.1, -0.05) is 255 Å². The summed E-state index contributed by atoms with van der Waals surface area (Å²) in [5, 5.41) is 20.6. The minimum atomic E-state index is -4.95. The maximum Gasteiger partial charge on any atom is 0.472 e.